The summed E-state index contributed by atoms with van der Waals surface area (Å²) < 4.78 is 0. The molecule has 1 aromatic carbocycles. The van der Waals surface area contributed by atoms with E-state index in [2.05, 4.69) is 18.7 Å². The van der Waals surface area contributed by atoms with E-state index in [1.807, 2.05) is 7.05 Å². The fourth-order valence-electron chi connectivity index (χ4n) is 2.38. The van der Waals surface area contributed by atoms with E-state index in [1.54, 1.807) is 4.90 Å². The van der Waals surface area contributed by atoms with Gasteiger partial charge in [-0.1, -0.05) is 11.6 Å². The summed E-state index contributed by atoms with van der Waals surface area (Å²) in [6.07, 6.45) is 0. The molecular weight excluding hydrogens is 294 g/mol. The Balaban J connectivity index is 2.25. The highest BCUT2D eigenvalue weighted by Crippen LogP contribution is 2.27. The first-order valence-electron chi connectivity index (χ1n) is 6.67. The Morgan fingerprint density at radius 2 is 2.05 bits per heavy atom. The summed E-state index contributed by atoms with van der Waals surface area (Å²) in [4.78, 5) is 26.8. The standard InChI is InChI=1S/C14H18ClN3O3/c1-14(2)9-17(7-6-16(14)3)13(19)10-4-5-11(15)12(8-10)18(20)21/h4-5,8H,6-7,9H2,1-3H3. The Labute approximate surface area is 128 Å². The van der Waals surface area contributed by atoms with E-state index in [4.69, 9.17) is 11.6 Å². The summed E-state index contributed by atoms with van der Waals surface area (Å²) >= 11 is 5.77. The number of hydrogen-bond acceptors (Lipinski definition) is 4. The largest absolute Gasteiger partial charge is 0.336 e. The summed E-state index contributed by atoms with van der Waals surface area (Å²) in [5.74, 6) is -0.198. The van der Waals surface area contributed by atoms with Crippen molar-refractivity contribution in [3.05, 3.63) is 38.9 Å². The smallest absolute Gasteiger partial charge is 0.288 e. The van der Waals surface area contributed by atoms with E-state index in [9.17, 15) is 14.9 Å². The molecular formula is C14H18ClN3O3. The molecule has 1 amide bonds. The molecule has 7 heteroatoms. The maximum atomic E-state index is 12.5. The number of nitrogens with zero attached hydrogens (tertiary/aromatic N) is 3. The lowest BCUT2D eigenvalue weighted by atomic mass is 9.99. The third-order valence-corrected chi connectivity index (χ3v) is 4.31. The zero-order chi connectivity index (χ0) is 15.8. The van der Waals surface area contributed by atoms with Gasteiger partial charge in [0.2, 0.25) is 0 Å². The van der Waals surface area contributed by atoms with Crippen LogP contribution >= 0.6 is 11.6 Å². The second-order valence-electron chi connectivity index (χ2n) is 5.88. The molecule has 0 atom stereocenters. The predicted molar refractivity (Wildman–Crippen MR) is 80.7 cm³/mol. The number of likely N-dealkylation sites (N-methyl/N-ethyl adjacent to an activating group) is 1. The van der Waals surface area contributed by atoms with Crippen molar-refractivity contribution >= 4 is 23.2 Å². The van der Waals surface area contributed by atoms with Crippen LogP contribution in [0.2, 0.25) is 5.02 Å². The third-order valence-electron chi connectivity index (χ3n) is 3.99. The van der Waals surface area contributed by atoms with Gasteiger partial charge >= 0.3 is 0 Å². The number of nitro benzene ring substituents is 1. The van der Waals surface area contributed by atoms with Crippen molar-refractivity contribution in [2.24, 2.45) is 0 Å². The van der Waals surface area contributed by atoms with Gasteiger partial charge in [0.05, 0.1) is 4.92 Å². The average molecular weight is 312 g/mol. The predicted octanol–water partition coefficient (Wildman–Crippen LogP) is 2.41. The fourth-order valence-corrected chi connectivity index (χ4v) is 2.57. The quantitative estimate of drug-likeness (QED) is 0.621. The number of carbonyl (C=O) groups is 1. The zero-order valence-electron chi connectivity index (χ0n) is 12.3. The number of benzene rings is 1. The molecule has 6 nitrogen and oxygen atoms in total. The topological polar surface area (TPSA) is 66.7 Å². The minimum absolute atomic E-state index is 0.0373. The minimum atomic E-state index is -0.576. The number of carbonyl (C=O) groups excluding carboxylic acids is 1. The van der Waals surface area contributed by atoms with E-state index >= 15 is 0 Å². The molecule has 1 fully saturated rings. The lowest BCUT2D eigenvalue weighted by Crippen LogP contribution is -2.58. The van der Waals surface area contributed by atoms with Crippen molar-refractivity contribution in [2.75, 3.05) is 26.7 Å². The highest BCUT2D eigenvalue weighted by Gasteiger charge is 2.33. The van der Waals surface area contributed by atoms with Crippen LogP contribution in [0.15, 0.2) is 18.2 Å². The Bertz CT molecular complexity index is 589. The van der Waals surface area contributed by atoms with E-state index in [0.717, 1.165) is 6.54 Å². The molecule has 1 heterocycles. The van der Waals surface area contributed by atoms with Crippen LogP contribution in [0.4, 0.5) is 5.69 Å². The molecule has 21 heavy (non-hydrogen) atoms. The van der Waals surface area contributed by atoms with Crippen LogP contribution in [0.5, 0.6) is 0 Å². The molecule has 0 aromatic heterocycles. The number of nitro groups is 1. The van der Waals surface area contributed by atoms with Crippen molar-refractivity contribution in [2.45, 2.75) is 19.4 Å². The van der Waals surface area contributed by atoms with Gasteiger partial charge in [0.1, 0.15) is 5.02 Å². The molecule has 2 rings (SSSR count). The lowest BCUT2D eigenvalue weighted by Gasteiger charge is -2.45. The van der Waals surface area contributed by atoms with Crippen LogP contribution in [-0.2, 0) is 0 Å². The normalized spacial score (nSPS) is 18.6. The summed E-state index contributed by atoms with van der Waals surface area (Å²) in [6.45, 7) is 6.09. The summed E-state index contributed by atoms with van der Waals surface area (Å²) in [6, 6.07) is 4.17. The van der Waals surface area contributed by atoms with E-state index in [-0.39, 0.29) is 22.2 Å². The van der Waals surface area contributed by atoms with Gasteiger partial charge in [0.25, 0.3) is 11.6 Å². The van der Waals surface area contributed by atoms with Gasteiger partial charge in [0, 0.05) is 36.8 Å². The van der Waals surface area contributed by atoms with Crippen LogP contribution in [0.3, 0.4) is 0 Å². The van der Waals surface area contributed by atoms with Crippen LogP contribution < -0.4 is 0 Å². The van der Waals surface area contributed by atoms with Gasteiger partial charge in [-0.25, -0.2) is 0 Å². The van der Waals surface area contributed by atoms with Crippen molar-refractivity contribution in [1.29, 1.82) is 0 Å². The molecule has 1 saturated heterocycles. The van der Waals surface area contributed by atoms with E-state index in [0.29, 0.717) is 18.7 Å². The van der Waals surface area contributed by atoms with Crippen molar-refractivity contribution < 1.29 is 9.72 Å². The molecule has 0 unspecified atom stereocenters. The van der Waals surface area contributed by atoms with Gasteiger partial charge in [-0.15, -0.1) is 0 Å². The van der Waals surface area contributed by atoms with Gasteiger partial charge in [-0.3, -0.25) is 19.8 Å². The number of rotatable bonds is 2. The molecule has 0 aliphatic carbocycles. The van der Waals surface area contributed by atoms with Crippen molar-refractivity contribution in [3.63, 3.8) is 0 Å². The molecule has 1 aliphatic heterocycles. The molecule has 0 radical (unpaired) electrons. The Hall–Kier alpha value is -1.66. The highest BCUT2D eigenvalue weighted by atomic mass is 35.5. The zero-order valence-corrected chi connectivity index (χ0v) is 13.1. The third kappa shape index (κ3) is 3.16. The van der Waals surface area contributed by atoms with Gasteiger partial charge in [-0.05, 0) is 33.0 Å². The number of halogens is 1. The van der Waals surface area contributed by atoms with E-state index in [1.165, 1.54) is 18.2 Å². The SMILES string of the molecule is CN1CCN(C(=O)c2ccc(Cl)c([N+](=O)[O-])c2)CC1(C)C. The molecule has 1 aromatic rings. The summed E-state index contributed by atoms with van der Waals surface area (Å²) in [5.41, 5.74) is -0.0610. The van der Waals surface area contributed by atoms with Crippen LogP contribution in [-0.4, -0.2) is 52.9 Å². The summed E-state index contributed by atoms with van der Waals surface area (Å²) in [5, 5.41) is 10.9. The maximum absolute atomic E-state index is 12.5. The first-order valence-corrected chi connectivity index (χ1v) is 7.04. The Morgan fingerprint density at radius 3 is 2.62 bits per heavy atom. The first-order chi connectivity index (χ1) is 9.72. The maximum Gasteiger partial charge on any atom is 0.288 e. The fraction of sp³-hybridized carbons (Fsp3) is 0.500. The Kier molecular flexibility index (Phi) is 4.20. The highest BCUT2D eigenvalue weighted by molar-refractivity contribution is 6.32. The van der Waals surface area contributed by atoms with Gasteiger partial charge in [-0.2, -0.15) is 0 Å². The van der Waals surface area contributed by atoms with E-state index < -0.39 is 4.92 Å². The number of hydrogen-bond donors (Lipinski definition) is 0. The second-order valence-corrected chi connectivity index (χ2v) is 6.29. The molecule has 1 aliphatic rings. The average Bonchev–Trinajstić information content (AvgIpc) is 2.41. The minimum Gasteiger partial charge on any atom is -0.336 e. The number of amides is 1. The molecule has 0 N–H and O–H groups in total. The summed E-state index contributed by atoms with van der Waals surface area (Å²) in [7, 11) is 2.02. The molecule has 114 valence electrons. The number of piperazine rings is 1. The van der Waals surface area contributed by atoms with Crippen molar-refractivity contribution in [3.8, 4) is 0 Å². The van der Waals surface area contributed by atoms with Crippen molar-refractivity contribution in [1.82, 2.24) is 9.80 Å². The first kappa shape index (κ1) is 15.7. The van der Waals surface area contributed by atoms with Crippen LogP contribution in [0, 0.1) is 10.1 Å². The second kappa shape index (κ2) is 5.61. The van der Waals surface area contributed by atoms with Gasteiger partial charge in [0.15, 0.2) is 0 Å². The molecule has 0 bridgehead atoms. The molecule has 0 saturated carbocycles. The van der Waals surface area contributed by atoms with Crippen LogP contribution in [0.25, 0.3) is 0 Å². The van der Waals surface area contributed by atoms with Gasteiger partial charge < -0.3 is 4.90 Å². The molecule has 0 spiro atoms. The van der Waals surface area contributed by atoms with Crippen LogP contribution in [0.1, 0.15) is 24.2 Å². The lowest BCUT2D eigenvalue weighted by molar-refractivity contribution is -0.384. The Morgan fingerprint density at radius 1 is 1.38 bits per heavy atom. The monoisotopic (exact) mass is 311 g/mol.